The number of hydrogen-bond acceptors (Lipinski definition) is 1. The number of rotatable bonds is 3. The van der Waals surface area contributed by atoms with Gasteiger partial charge in [0.1, 0.15) is 0 Å². The van der Waals surface area contributed by atoms with Crippen molar-refractivity contribution in [2.75, 3.05) is 0 Å². The Kier molecular flexibility index (Phi) is 4.26. The van der Waals surface area contributed by atoms with E-state index < -0.39 is 8.24 Å². The molecule has 3 heteroatoms. The molecule has 1 amide bonds. The van der Waals surface area contributed by atoms with Crippen molar-refractivity contribution in [1.29, 1.82) is 0 Å². The number of allylic oxidation sites excluding steroid dienone is 4. The Morgan fingerprint density at radius 2 is 1.44 bits per heavy atom. The zero-order valence-electron chi connectivity index (χ0n) is 13.1. The highest BCUT2D eigenvalue weighted by Crippen LogP contribution is 2.45. The van der Waals surface area contributed by atoms with Crippen molar-refractivity contribution in [3.05, 3.63) is 22.3 Å². The lowest BCUT2D eigenvalue weighted by atomic mass is 10.1. The van der Waals surface area contributed by atoms with Crippen molar-refractivity contribution in [1.82, 2.24) is 4.98 Å². The molecule has 0 spiro atoms. The molecule has 0 heterocycles. The molecule has 1 N–H and O–H groups in total. The van der Waals surface area contributed by atoms with Crippen molar-refractivity contribution in [2.45, 2.75) is 60.2 Å². The van der Waals surface area contributed by atoms with E-state index in [0.717, 1.165) is 0 Å². The van der Waals surface area contributed by atoms with Gasteiger partial charge < -0.3 is 4.98 Å². The van der Waals surface area contributed by atoms with Gasteiger partial charge in [0.15, 0.2) is 8.24 Å². The third kappa shape index (κ3) is 2.61. The summed E-state index contributed by atoms with van der Waals surface area (Å²) in [6.45, 7) is 17.3. The summed E-state index contributed by atoms with van der Waals surface area (Å²) in [6.07, 6.45) is 0. The van der Waals surface area contributed by atoms with Crippen LogP contribution in [0.3, 0.4) is 0 Å². The highest BCUT2D eigenvalue weighted by molar-refractivity contribution is 6.79. The minimum Gasteiger partial charge on any atom is -0.381 e. The quantitative estimate of drug-likeness (QED) is 0.767. The first-order valence-corrected chi connectivity index (χ1v) is 9.84. The van der Waals surface area contributed by atoms with Gasteiger partial charge in [0.25, 0.3) is 0 Å². The topological polar surface area (TPSA) is 29.1 Å². The number of carbonyl (C=O) groups is 1. The van der Waals surface area contributed by atoms with Crippen LogP contribution in [0.2, 0.25) is 18.6 Å². The van der Waals surface area contributed by atoms with E-state index in [1.165, 1.54) is 22.3 Å². The van der Waals surface area contributed by atoms with Crippen molar-refractivity contribution in [3.8, 4) is 0 Å². The Balaban J connectivity index is 3.04. The second kappa shape index (κ2) is 5.04. The first-order chi connectivity index (χ1) is 8.09. The van der Waals surface area contributed by atoms with Gasteiger partial charge in [0.05, 0.1) is 0 Å². The molecule has 0 bridgehead atoms. The van der Waals surface area contributed by atoms with E-state index in [4.69, 9.17) is 0 Å². The molecule has 0 unspecified atom stereocenters. The average molecular weight is 265 g/mol. The Morgan fingerprint density at radius 3 is 1.78 bits per heavy atom. The average Bonchev–Trinajstić information content (AvgIpc) is 2.42. The van der Waals surface area contributed by atoms with Crippen molar-refractivity contribution in [2.24, 2.45) is 5.92 Å². The molecule has 0 aromatic carbocycles. The molecule has 0 aromatic heterocycles. The standard InChI is InChI=1S/C15H27NOSi/c1-9(2)15(17)16-18(7,8)14-12(5)10(3)11(4)13(14)6/h9,14H,1-8H3,(H,16,17). The number of nitrogens with one attached hydrogen (secondary N) is 1. The van der Waals surface area contributed by atoms with Crippen molar-refractivity contribution >= 4 is 14.1 Å². The SMILES string of the molecule is CC1=C(C)C([Si](C)(C)NC(=O)C(C)C)C(C)=C1C. The summed E-state index contributed by atoms with van der Waals surface area (Å²) in [4.78, 5) is 15.3. The minimum absolute atomic E-state index is 0.0638. The predicted octanol–water partition coefficient (Wildman–Crippen LogP) is 4.02. The van der Waals surface area contributed by atoms with Crippen LogP contribution in [-0.2, 0) is 4.79 Å². The smallest absolute Gasteiger partial charge is 0.214 e. The van der Waals surface area contributed by atoms with Crippen LogP contribution >= 0.6 is 0 Å². The van der Waals surface area contributed by atoms with Gasteiger partial charge in [-0.3, -0.25) is 4.79 Å². The zero-order chi connectivity index (χ0) is 14.2. The van der Waals surface area contributed by atoms with Crippen LogP contribution in [0.15, 0.2) is 22.3 Å². The maximum atomic E-state index is 12.0. The van der Waals surface area contributed by atoms with Crippen LogP contribution in [-0.4, -0.2) is 14.1 Å². The van der Waals surface area contributed by atoms with Crippen molar-refractivity contribution < 1.29 is 4.79 Å². The first kappa shape index (κ1) is 15.2. The fraction of sp³-hybridized carbons (Fsp3) is 0.667. The highest BCUT2D eigenvalue weighted by atomic mass is 28.3. The molecule has 0 saturated heterocycles. The maximum Gasteiger partial charge on any atom is 0.214 e. The van der Waals surface area contributed by atoms with Gasteiger partial charge in [0, 0.05) is 11.5 Å². The van der Waals surface area contributed by atoms with Crippen LogP contribution in [0.5, 0.6) is 0 Å². The normalized spacial score (nSPS) is 18.1. The van der Waals surface area contributed by atoms with Crippen molar-refractivity contribution in [3.63, 3.8) is 0 Å². The molecule has 1 rings (SSSR count). The van der Waals surface area contributed by atoms with E-state index in [1.807, 2.05) is 13.8 Å². The van der Waals surface area contributed by atoms with Gasteiger partial charge in [-0.25, -0.2) is 0 Å². The zero-order valence-corrected chi connectivity index (χ0v) is 14.1. The van der Waals surface area contributed by atoms with Crippen LogP contribution < -0.4 is 4.98 Å². The Labute approximate surface area is 113 Å². The summed E-state index contributed by atoms with van der Waals surface area (Å²) >= 11 is 0. The van der Waals surface area contributed by atoms with Gasteiger partial charge in [0.2, 0.25) is 5.91 Å². The fourth-order valence-electron chi connectivity index (χ4n) is 2.97. The molecule has 2 nitrogen and oxygen atoms in total. The molecule has 0 atom stereocenters. The summed E-state index contributed by atoms with van der Waals surface area (Å²) in [6, 6.07) is 0. The van der Waals surface area contributed by atoms with E-state index in [-0.39, 0.29) is 11.8 Å². The van der Waals surface area contributed by atoms with E-state index in [1.54, 1.807) is 0 Å². The predicted molar refractivity (Wildman–Crippen MR) is 81.0 cm³/mol. The van der Waals surface area contributed by atoms with Crippen LogP contribution in [0.4, 0.5) is 0 Å². The Bertz CT molecular complexity index is 406. The summed E-state index contributed by atoms with van der Waals surface area (Å²) < 4.78 is 0. The van der Waals surface area contributed by atoms with Crippen LogP contribution in [0, 0.1) is 5.92 Å². The van der Waals surface area contributed by atoms with Gasteiger partial charge in [-0.1, -0.05) is 38.1 Å². The first-order valence-electron chi connectivity index (χ1n) is 6.76. The molecule has 0 aliphatic heterocycles. The molecular formula is C15H27NOSi. The second-order valence-electron chi connectivity index (χ2n) is 6.41. The monoisotopic (exact) mass is 265 g/mol. The lowest BCUT2D eigenvalue weighted by Gasteiger charge is -2.33. The third-order valence-electron chi connectivity index (χ3n) is 4.30. The highest BCUT2D eigenvalue weighted by Gasteiger charge is 2.40. The number of carbonyl (C=O) groups excluding carboxylic acids is 1. The molecular weight excluding hydrogens is 238 g/mol. The summed E-state index contributed by atoms with van der Waals surface area (Å²) in [7, 11) is -1.82. The minimum atomic E-state index is -1.82. The molecule has 0 radical (unpaired) electrons. The lowest BCUT2D eigenvalue weighted by molar-refractivity contribution is -0.122. The Morgan fingerprint density at radius 1 is 1.06 bits per heavy atom. The van der Waals surface area contributed by atoms with Crippen LogP contribution in [0.25, 0.3) is 0 Å². The molecule has 1 aliphatic carbocycles. The van der Waals surface area contributed by atoms with E-state index in [0.29, 0.717) is 5.54 Å². The van der Waals surface area contributed by atoms with Crippen LogP contribution in [0.1, 0.15) is 41.5 Å². The fourth-order valence-corrected chi connectivity index (χ4v) is 6.63. The second-order valence-corrected chi connectivity index (χ2v) is 10.7. The molecule has 0 fully saturated rings. The number of amides is 1. The molecule has 0 aromatic rings. The summed E-state index contributed by atoms with van der Waals surface area (Å²) in [5.74, 6) is 0.253. The number of hydrogen-bond donors (Lipinski definition) is 1. The van der Waals surface area contributed by atoms with E-state index in [9.17, 15) is 4.79 Å². The van der Waals surface area contributed by atoms with Gasteiger partial charge >= 0.3 is 0 Å². The largest absolute Gasteiger partial charge is 0.381 e. The van der Waals surface area contributed by atoms with E-state index >= 15 is 0 Å². The van der Waals surface area contributed by atoms with E-state index in [2.05, 4.69) is 45.8 Å². The lowest BCUT2D eigenvalue weighted by Crippen LogP contribution is -2.53. The maximum absolute atomic E-state index is 12.0. The molecule has 102 valence electrons. The van der Waals surface area contributed by atoms with Gasteiger partial charge in [-0.2, -0.15) is 0 Å². The molecule has 0 saturated carbocycles. The summed E-state index contributed by atoms with van der Waals surface area (Å²) in [5, 5.41) is 0. The Hall–Kier alpha value is -0.833. The third-order valence-corrected chi connectivity index (χ3v) is 7.50. The molecule has 18 heavy (non-hydrogen) atoms. The molecule has 1 aliphatic rings. The van der Waals surface area contributed by atoms with Gasteiger partial charge in [-0.15, -0.1) is 0 Å². The summed E-state index contributed by atoms with van der Waals surface area (Å²) in [5.41, 5.74) is 6.19. The van der Waals surface area contributed by atoms with Gasteiger partial charge in [-0.05, 0) is 38.8 Å².